The maximum absolute atomic E-state index is 8.83. The van der Waals surface area contributed by atoms with E-state index in [9.17, 15) is 0 Å². The van der Waals surface area contributed by atoms with Gasteiger partial charge in [-0.05, 0) is 20.8 Å². The highest BCUT2D eigenvalue weighted by Gasteiger charge is 2.02. The summed E-state index contributed by atoms with van der Waals surface area (Å²) >= 11 is 0. The molecule has 0 spiro atoms. The lowest BCUT2D eigenvalue weighted by Gasteiger charge is -2.11. The van der Waals surface area contributed by atoms with E-state index in [0.29, 0.717) is 0 Å². The average Bonchev–Trinajstić information content (AvgIpc) is 2.02. The average molecular weight is 181 g/mol. The molecule has 13 heavy (non-hydrogen) atoms. The Morgan fingerprint density at radius 1 is 1.46 bits per heavy atom. The van der Waals surface area contributed by atoms with Gasteiger partial charge in [0.05, 0.1) is 6.61 Å². The van der Waals surface area contributed by atoms with E-state index in [1.165, 1.54) is 0 Å². The first-order chi connectivity index (χ1) is 6.11. The number of aromatic nitrogens is 2. The van der Waals surface area contributed by atoms with Crippen LogP contribution in [0, 0.1) is 13.8 Å². The molecule has 4 nitrogen and oxygen atoms in total. The molecule has 0 radical (unpaired) electrons. The molecule has 0 bridgehead atoms. The van der Waals surface area contributed by atoms with Crippen molar-refractivity contribution >= 4 is 5.82 Å². The fourth-order valence-electron chi connectivity index (χ4n) is 1.09. The van der Waals surface area contributed by atoms with Gasteiger partial charge < -0.3 is 10.4 Å². The Labute approximate surface area is 78.0 Å². The SMILES string of the molecule is Cc1cc(N[C@@H](C)CO)nc(C)n1. The zero-order chi connectivity index (χ0) is 9.84. The van der Waals surface area contributed by atoms with E-state index in [-0.39, 0.29) is 12.6 Å². The zero-order valence-corrected chi connectivity index (χ0v) is 8.20. The highest BCUT2D eigenvalue weighted by atomic mass is 16.3. The molecule has 0 saturated heterocycles. The van der Waals surface area contributed by atoms with Gasteiger partial charge in [-0.15, -0.1) is 0 Å². The highest BCUT2D eigenvalue weighted by Crippen LogP contribution is 2.06. The molecule has 0 saturated carbocycles. The summed E-state index contributed by atoms with van der Waals surface area (Å²) in [6.07, 6.45) is 0. The minimum Gasteiger partial charge on any atom is -0.394 e. The molecule has 1 aromatic rings. The molecular formula is C9H15N3O. The first kappa shape index (κ1) is 9.92. The Morgan fingerprint density at radius 3 is 2.69 bits per heavy atom. The van der Waals surface area contributed by atoms with Gasteiger partial charge in [-0.1, -0.05) is 0 Å². The van der Waals surface area contributed by atoms with Crippen LogP contribution in [0.1, 0.15) is 18.4 Å². The van der Waals surface area contributed by atoms with Crippen molar-refractivity contribution in [3.8, 4) is 0 Å². The molecule has 0 aromatic carbocycles. The summed E-state index contributed by atoms with van der Waals surface area (Å²) in [7, 11) is 0. The Bertz CT molecular complexity index is 268. The number of aryl methyl sites for hydroxylation is 2. The summed E-state index contributed by atoms with van der Waals surface area (Å²) in [5.74, 6) is 1.51. The lowest BCUT2D eigenvalue weighted by atomic mass is 10.3. The second-order valence-corrected chi connectivity index (χ2v) is 3.17. The monoisotopic (exact) mass is 181 g/mol. The number of rotatable bonds is 3. The summed E-state index contributed by atoms with van der Waals surface area (Å²) < 4.78 is 0. The Hall–Kier alpha value is -1.16. The molecule has 0 aliphatic heterocycles. The minimum absolute atomic E-state index is 0.0219. The molecular weight excluding hydrogens is 166 g/mol. The van der Waals surface area contributed by atoms with Gasteiger partial charge in [0.1, 0.15) is 11.6 Å². The summed E-state index contributed by atoms with van der Waals surface area (Å²) in [4.78, 5) is 8.34. The Balaban J connectivity index is 2.77. The molecule has 0 unspecified atom stereocenters. The van der Waals surface area contributed by atoms with Crippen LogP contribution in [0.25, 0.3) is 0 Å². The van der Waals surface area contributed by atoms with Crippen molar-refractivity contribution in [3.05, 3.63) is 17.6 Å². The van der Waals surface area contributed by atoms with Gasteiger partial charge in [-0.3, -0.25) is 0 Å². The second-order valence-electron chi connectivity index (χ2n) is 3.17. The number of hydrogen-bond donors (Lipinski definition) is 2. The fourth-order valence-corrected chi connectivity index (χ4v) is 1.09. The van der Waals surface area contributed by atoms with Crippen molar-refractivity contribution in [2.75, 3.05) is 11.9 Å². The smallest absolute Gasteiger partial charge is 0.130 e. The van der Waals surface area contributed by atoms with Gasteiger partial charge in [-0.2, -0.15) is 0 Å². The minimum atomic E-state index is 0.0219. The van der Waals surface area contributed by atoms with Gasteiger partial charge in [0, 0.05) is 17.8 Å². The largest absolute Gasteiger partial charge is 0.394 e. The summed E-state index contributed by atoms with van der Waals surface area (Å²) in [5, 5.41) is 11.9. The lowest BCUT2D eigenvalue weighted by Crippen LogP contribution is -2.20. The lowest BCUT2D eigenvalue weighted by molar-refractivity contribution is 0.281. The second kappa shape index (κ2) is 4.18. The third-order valence-electron chi connectivity index (χ3n) is 1.63. The van der Waals surface area contributed by atoms with Gasteiger partial charge in [0.15, 0.2) is 0 Å². The molecule has 0 aliphatic carbocycles. The van der Waals surface area contributed by atoms with Crippen molar-refractivity contribution < 1.29 is 5.11 Å². The maximum atomic E-state index is 8.83. The van der Waals surface area contributed by atoms with Crippen LogP contribution in [0.15, 0.2) is 6.07 Å². The van der Waals surface area contributed by atoms with Crippen molar-refractivity contribution in [2.24, 2.45) is 0 Å². The van der Waals surface area contributed by atoms with Crippen molar-refractivity contribution in [3.63, 3.8) is 0 Å². The number of nitrogens with one attached hydrogen (secondary N) is 1. The van der Waals surface area contributed by atoms with Crippen LogP contribution in [0.4, 0.5) is 5.82 Å². The van der Waals surface area contributed by atoms with Crippen molar-refractivity contribution in [2.45, 2.75) is 26.8 Å². The maximum Gasteiger partial charge on any atom is 0.130 e. The predicted molar refractivity (Wildman–Crippen MR) is 51.7 cm³/mol. The predicted octanol–water partition coefficient (Wildman–Crippen LogP) is 0.886. The van der Waals surface area contributed by atoms with Gasteiger partial charge in [0.2, 0.25) is 0 Å². The zero-order valence-electron chi connectivity index (χ0n) is 8.20. The van der Waals surface area contributed by atoms with Gasteiger partial charge in [0.25, 0.3) is 0 Å². The standard InChI is InChI=1S/C9H15N3O/c1-6-4-9(11-7(2)5-13)12-8(3)10-6/h4,7,13H,5H2,1-3H3,(H,10,11,12)/t7-/m0/s1. The van der Waals surface area contributed by atoms with E-state index < -0.39 is 0 Å². The number of nitrogens with zero attached hydrogens (tertiary/aromatic N) is 2. The molecule has 1 aromatic heterocycles. The van der Waals surface area contributed by atoms with Gasteiger partial charge >= 0.3 is 0 Å². The molecule has 0 amide bonds. The van der Waals surface area contributed by atoms with Crippen molar-refractivity contribution in [1.82, 2.24) is 9.97 Å². The van der Waals surface area contributed by atoms with E-state index in [1.54, 1.807) is 0 Å². The summed E-state index contributed by atoms with van der Waals surface area (Å²) in [5.41, 5.74) is 0.931. The molecule has 1 atom stereocenters. The van der Waals surface area contributed by atoms with Crippen LogP contribution in [0.5, 0.6) is 0 Å². The van der Waals surface area contributed by atoms with Crippen LogP contribution in [0.3, 0.4) is 0 Å². The molecule has 0 fully saturated rings. The fraction of sp³-hybridized carbons (Fsp3) is 0.556. The number of aliphatic hydroxyl groups is 1. The molecule has 72 valence electrons. The van der Waals surface area contributed by atoms with Gasteiger partial charge in [-0.25, -0.2) is 9.97 Å². The van der Waals surface area contributed by atoms with E-state index in [2.05, 4.69) is 15.3 Å². The van der Waals surface area contributed by atoms with E-state index in [1.807, 2.05) is 26.8 Å². The molecule has 1 rings (SSSR count). The van der Waals surface area contributed by atoms with Crippen LogP contribution in [-0.4, -0.2) is 27.7 Å². The number of aliphatic hydroxyl groups excluding tert-OH is 1. The van der Waals surface area contributed by atoms with E-state index in [0.717, 1.165) is 17.3 Å². The molecule has 4 heteroatoms. The van der Waals surface area contributed by atoms with Crippen LogP contribution in [-0.2, 0) is 0 Å². The third-order valence-corrected chi connectivity index (χ3v) is 1.63. The first-order valence-corrected chi connectivity index (χ1v) is 4.31. The Morgan fingerprint density at radius 2 is 2.15 bits per heavy atom. The van der Waals surface area contributed by atoms with E-state index >= 15 is 0 Å². The normalized spacial score (nSPS) is 12.6. The molecule has 1 heterocycles. The molecule has 0 aliphatic rings. The summed E-state index contributed by atoms with van der Waals surface area (Å²) in [6, 6.07) is 1.88. The van der Waals surface area contributed by atoms with Crippen molar-refractivity contribution in [1.29, 1.82) is 0 Å². The van der Waals surface area contributed by atoms with Crippen LogP contribution < -0.4 is 5.32 Å². The quantitative estimate of drug-likeness (QED) is 0.727. The third kappa shape index (κ3) is 2.99. The van der Waals surface area contributed by atoms with Crippen LogP contribution >= 0.6 is 0 Å². The highest BCUT2D eigenvalue weighted by molar-refractivity contribution is 5.36. The first-order valence-electron chi connectivity index (χ1n) is 4.31. The van der Waals surface area contributed by atoms with Crippen LogP contribution in [0.2, 0.25) is 0 Å². The molecule has 2 N–H and O–H groups in total. The number of hydrogen-bond acceptors (Lipinski definition) is 4. The van der Waals surface area contributed by atoms with E-state index in [4.69, 9.17) is 5.11 Å². The number of anilines is 1. The summed E-state index contributed by atoms with van der Waals surface area (Å²) in [6.45, 7) is 5.76. The topological polar surface area (TPSA) is 58.0 Å². The Kier molecular flexibility index (Phi) is 3.19.